The first-order chi connectivity index (χ1) is 18.8. The second kappa shape index (κ2) is 11.7. The lowest BCUT2D eigenvalue weighted by Crippen LogP contribution is -2.61. The maximum atomic E-state index is 13.2. The Morgan fingerprint density at radius 1 is 1.21 bits per heavy atom. The molecule has 3 aliphatic rings. The third-order valence-corrected chi connectivity index (χ3v) is 9.45. The third kappa shape index (κ3) is 5.59. The molecule has 1 unspecified atom stereocenters. The van der Waals surface area contributed by atoms with Gasteiger partial charge in [0.1, 0.15) is 17.7 Å². The molecule has 5 atom stereocenters. The lowest BCUT2D eigenvalue weighted by Gasteiger charge is -2.44. The highest BCUT2D eigenvalue weighted by molar-refractivity contribution is 8.04. The van der Waals surface area contributed by atoms with Gasteiger partial charge in [0, 0.05) is 36.0 Å². The van der Waals surface area contributed by atoms with E-state index in [1.165, 1.54) is 12.1 Å². The van der Waals surface area contributed by atoms with E-state index in [0.29, 0.717) is 18.7 Å². The first-order valence-electron chi connectivity index (χ1n) is 13.1. The topological polar surface area (TPSA) is 116 Å². The summed E-state index contributed by atoms with van der Waals surface area (Å²) in [5.74, 6) is -0.517. The molecule has 1 amide bonds. The van der Waals surface area contributed by atoms with Crippen LogP contribution in [0.2, 0.25) is 0 Å². The number of aliphatic hydroxyl groups excluding tert-OH is 2. The van der Waals surface area contributed by atoms with Crippen LogP contribution >= 0.6 is 24.0 Å². The third-order valence-electron chi connectivity index (χ3n) is 7.61. The van der Waals surface area contributed by atoms with Crippen LogP contribution in [0.4, 0.5) is 5.69 Å². The maximum Gasteiger partial charge on any atom is 0.269 e. The summed E-state index contributed by atoms with van der Waals surface area (Å²) in [6.45, 7) is 4.02. The predicted octanol–water partition coefficient (Wildman–Crippen LogP) is 4.01. The first-order valence-corrected chi connectivity index (χ1v) is 14.3. The van der Waals surface area contributed by atoms with E-state index >= 15 is 0 Å². The van der Waals surface area contributed by atoms with Crippen LogP contribution in [0.3, 0.4) is 0 Å². The van der Waals surface area contributed by atoms with Gasteiger partial charge in [0.2, 0.25) is 11.0 Å². The second-order valence-corrected chi connectivity index (χ2v) is 11.6. The van der Waals surface area contributed by atoms with Crippen molar-refractivity contribution in [2.24, 2.45) is 11.8 Å². The highest BCUT2D eigenvalue weighted by Gasteiger charge is 2.58. The second-order valence-electron chi connectivity index (χ2n) is 10.1. The monoisotopic (exact) mass is 569 g/mol. The summed E-state index contributed by atoms with van der Waals surface area (Å²) < 4.78 is 5.95. The number of fused-ring (bicyclic) bond motifs is 1. The number of rotatable bonds is 10. The molecule has 3 aliphatic heterocycles. The number of nitro groups is 1. The minimum atomic E-state index is -0.720. The van der Waals surface area contributed by atoms with Gasteiger partial charge in [-0.1, -0.05) is 37.3 Å². The van der Waals surface area contributed by atoms with E-state index in [0.717, 1.165) is 35.5 Å². The number of non-ortho nitro benzene ring substituents is 1. The van der Waals surface area contributed by atoms with E-state index in [-0.39, 0.29) is 34.5 Å². The molecule has 2 aromatic carbocycles. The lowest BCUT2D eigenvalue weighted by atomic mass is 9.89. The zero-order chi connectivity index (χ0) is 27.7. The zero-order valence-electron chi connectivity index (χ0n) is 21.5. The Morgan fingerprint density at radius 2 is 1.92 bits per heavy atom. The number of hydrogen-bond acceptors (Lipinski definition) is 9. The molecular formula is C28H31N3O6S2. The summed E-state index contributed by atoms with van der Waals surface area (Å²) in [6, 6.07) is 15.7. The molecule has 0 aromatic heterocycles. The zero-order valence-corrected chi connectivity index (χ0v) is 23.1. The molecule has 2 fully saturated rings. The summed E-state index contributed by atoms with van der Waals surface area (Å²) in [6.07, 6.45) is 0.0317. The van der Waals surface area contributed by atoms with E-state index in [9.17, 15) is 25.1 Å². The Hall–Kier alpha value is -2.83. The number of hydrogen-bond donors (Lipinski definition) is 2. The van der Waals surface area contributed by atoms with Crippen molar-refractivity contribution >= 4 is 40.6 Å². The van der Waals surface area contributed by atoms with Gasteiger partial charge >= 0.3 is 0 Å². The fourth-order valence-corrected chi connectivity index (χ4v) is 7.46. The van der Waals surface area contributed by atoms with Gasteiger partial charge in [0.15, 0.2) is 0 Å². The van der Waals surface area contributed by atoms with Gasteiger partial charge in [0.25, 0.3) is 5.69 Å². The lowest BCUT2D eigenvalue weighted by molar-refractivity contribution is -0.384. The molecule has 3 heterocycles. The van der Waals surface area contributed by atoms with Crippen molar-refractivity contribution in [3.63, 3.8) is 0 Å². The Bertz CT molecular complexity index is 1270. The Morgan fingerprint density at radius 3 is 2.59 bits per heavy atom. The highest BCUT2D eigenvalue weighted by atomic mass is 32.2. The standard InChI is InChI=1S/C28H31N3O6S2/c1-2-21(32)23-26(34)30-24(28(38)37-16-17-8-10-20(11-9-17)31(35)36)25(39-27(23)30)19-12-13-29(14-19)15-22(33)18-6-4-3-5-7-18/h3-11,19,21-23,27,32-33H,2,12-16H2,1H3/t19?,21-,22-,23+,27+/m0/s1. The van der Waals surface area contributed by atoms with Gasteiger partial charge in [-0.05, 0) is 54.9 Å². The molecule has 9 nitrogen and oxygen atoms in total. The first kappa shape index (κ1) is 27.7. The molecule has 11 heteroatoms. The fourth-order valence-electron chi connectivity index (χ4n) is 5.42. The van der Waals surface area contributed by atoms with Gasteiger partial charge in [-0.3, -0.25) is 24.7 Å². The van der Waals surface area contributed by atoms with Crippen molar-refractivity contribution in [3.8, 4) is 0 Å². The summed E-state index contributed by atoms with van der Waals surface area (Å²) in [4.78, 5) is 28.5. The van der Waals surface area contributed by atoms with Crippen molar-refractivity contribution in [2.45, 2.75) is 44.0 Å². The largest absolute Gasteiger partial charge is 0.477 e. The van der Waals surface area contributed by atoms with Crippen molar-refractivity contribution < 1.29 is 24.7 Å². The molecule has 39 heavy (non-hydrogen) atoms. The molecule has 0 saturated carbocycles. The van der Waals surface area contributed by atoms with E-state index in [1.54, 1.807) is 28.8 Å². The van der Waals surface area contributed by atoms with Gasteiger partial charge in [-0.2, -0.15) is 0 Å². The number of nitrogens with zero attached hydrogens (tertiary/aromatic N) is 3. The number of amides is 1. The van der Waals surface area contributed by atoms with Gasteiger partial charge in [0.05, 0.1) is 23.0 Å². The molecule has 0 radical (unpaired) electrons. The van der Waals surface area contributed by atoms with Crippen LogP contribution < -0.4 is 0 Å². The summed E-state index contributed by atoms with van der Waals surface area (Å²) in [5, 5.41) is 32.2. The van der Waals surface area contributed by atoms with Crippen molar-refractivity contribution in [1.82, 2.24) is 9.80 Å². The van der Waals surface area contributed by atoms with Crippen molar-refractivity contribution in [2.75, 3.05) is 19.6 Å². The molecule has 2 saturated heterocycles. The normalized spacial score (nSPS) is 24.3. The molecular weight excluding hydrogens is 538 g/mol. The van der Waals surface area contributed by atoms with Crippen LogP contribution in [0.1, 0.15) is 37.0 Å². The van der Waals surface area contributed by atoms with Crippen LogP contribution in [0.25, 0.3) is 0 Å². The fraction of sp³-hybridized carbons (Fsp3) is 0.429. The number of carbonyl (C=O) groups is 1. The molecule has 206 valence electrons. The average molecular weight is 570 g/mol. The number of likely N-dealkylation sites (tertiary alicyclic amines) is 1. The number of β-lactam (4-membered cyclic amide) rings is 1. The Kier molecular flexibility index (Phi) is 8.34. The molecule has 0 spiro atoms. The van der Waals surface area contributed by atoms with Crippen LogP contribution in [0, 0.1) is 22.0 Å². The van der Waals surface area contributed by atoms with E-state index in [1.807, 2.05) is 37.3 Å². The summed E-state index contributed by atoms with van der Waals surface area (Å²) in [7, 11) is 0. The van der Waals surface area contributed by atoms with Gasteiger partial charge in [-0.15, -0.1) is 11.8 Å². The number of β-amino-alcohol motifs (C(OH)–C–C–N with tert-alkyl or cyclic N) is 1. The van der Waals surface area contributed by atoms with E-state index in [2.05, 4.69) is 4.90 Å². The minimum Gasteiger partial charge on any atom is -0.477 e. The predicted molar refractivity (Wildman–Crippen MR) is 151 cm³/mol. The number of thioether (sulfide) groups is 1. The highest BCUT2D eigenvalue weighted by Crippen LogP contribution is 2.54. The van der Waals surface area contributed by atoms with Crippen molar-refractivity contribution in [3.05, 3.63) is 86.4 Å². The van der Waals surface area contributed by atoms with Crippen LogP contribution in [0.5, 0.6) is 0 Å². The van der Waals surface area contributed by atoms with Gasteiger partial charge < -0.3 is 14.9 Å². The van der Waals surface area contributed by atoms with Gasteiger partial charge in [-0.25, -0.2) is 0 Å². The number of aliphatic hydroxyl groups is 2. The Balaban J connectivity index is 1.32. The van der Waals surface area contributed by atoms with Crippen LogP contribution in [-0.4, -0.2) is 67.0 Å². The number of thiocarbonyl (C=S) groups is 1. The van der Waals surface area contributed by atoms with Crippen LogP contribution in [-0.2, 0) is 16.1 Å². The molecule has 2 N–H and O–H groups in total. The number of ether oxygens (including phenoxy) is 1. The smallest absolute Gasteiger partial charge is 0.269 e. The van der Waals surface area contributed by atoms with E-state index < -0.39 is 23.0 Å². The molecule has 2 aromatic rings. The SMILES string of the molecule is CC[C@H](O)[C@@H]1C(=O)N2C(C(=S)OCc3ccc([N+](=O)[O-])cc3)=C(C3CCN(C[C@H](O)c4ccccc4)C3)S[C@H]12. The minimum absolute atomic E-state index is 0.00349. The quantitative estimate of drug-likeness (QED) is 0.189. The molecule has 0 bridgehead atoms. The summed E-state index contributed by atoms with van der Waals surface area (Å²) >= 11 is 7.28. The number of nitro benzene ring substituents is 1. The molecule has 5 rings (SSSR count). The molecule has 0 aliphatic carbocycles. The Labute approximate surface area is 236 Å². The van der Waals surface area contributed by atoms with Crippen LogP contribution in [0.15, 0.2) is 65.2 Å². The average Bonchev–Trinajstić information content (AvgIpc) is 3.54. The number of carbonyl (C=O) groups excluding carboxylic acids is 1. The summed E-state index contributed by atoms with van der Waals surface area (Å²) in [5.41, 5.74) is 2.20. The van der Waals surface area contributed by atoms with E-state index in [4.69, 9.17) is 17.0 Å². The van der Waals surface area contributed by atoms with Crippen molar-refractivity contribution in [1.29, 1.82) is 0 Å². The maximum absolute atomic E-state index is 13.2. The number of benzene rings is 2.